The van der Waals surface area contributed by atoms with Crippen LogP contribution in [0, 0.1) is 12.3 Å². The van der Waals surface area contributed by atoms with Crippen molar-refractivity contribution in [2.45, 2.75) is 64.2 Å². The summed E-state index contributed by atoms with van der Waals surface area (Å²) in [7, 11) is 3.16. The minimum absolute atomic E-state index is 0.0101. The van der Waals surface area contributed by atoms with Gasteiger partial charge in [-0.3, -0.25) is 4.79 Å². The van der Waals surface area contributed by atoms with Crippen LogP contribution in [0.3, 0.4) is 0 Å². The lowest BCUT2D eigenvalue weighted by Gasteiger charge is -2.25. The van der Waals surface area contributed by atoms with Crippen molar-refractivity contribution in [3.8, 4) is 5.75 Å². The summed E-state index contributed by atoms with van der Waals surface area (Å²) in [5.41, 5.74) is 4.13. The molecule has 0 unspecified atom stereocenters. The largest absolute Gasteiger partial charge is 0.497 e. The van der Waals surface area contributed by atoms with E-state index < -0.39 is 5.41 Å². The molecule has 172 valence electrons. The number of nitrogens with zero attached hydrogens (tertiary/aromatic N) is 1. The van der Waals surface area contributed by atoms with Crippen molar-refractivity contribution in [1.82, 2.24) is 4.57 Å². The zero-order valence-electron chi connectivity index (χ0n) is 20.5. The van der Waals surface area contributed by atoms with Gasteiger partial charge in [0.25, 0.3) is 0 Å². The summed E-state index contributed by atoms with van der Waals surface area (Å²) >= 11 is 1.84. The third-order valence-corrected chi connectivity index (χ3v) is 6.82. The second-order valence-corrected chi connectivity index (χ2v) is 11.8. The van der Waals surface area contributed by atoms with Crippen molar-refractivity contribution in [3.05, 3.63) is 59.3 Å². The molecule has 32 heavy (non-hydrogen) atoms. The van der Waals surface area contributed by atoms with Crippen LogP contribution in [0.4, 0.5) is 0 Å². The number of hydrogen-bond donors (Lipinski definition) is 0. The Balaban J connectivity index is 2.27. The van der Waals surface area contributed by atoms with E-state index in [-0.39, 0.29) is 10.7 Å². The SMILES string of the molecule is COC(=O)C(C)(C)Cc1c(SC(C)(C)C)c2cc(OC)ccc2n1Cc1ccc(C)cc1. The molecule has 0 fully saturated rings. The monoisotopic (exact) mass is 453 g/mol. The van der Waals surface area contributed by atoms with Gasteiger partial charge in [0.1, 0.15) is 5.75 Å². The number of thioether (sulfide) groups is 1. The molecule has 0 aliphatic rings. The van der Waals surface area contributed by atoms with Crippen molar-refractivity contribution in [3.63, 3.8) is 0 Å². The van der Waals surface area contributed by atoms with Crippen molar-refractivity contribution >= 4 is 28.6 Å². The molecule has 3 rings (SSSR count). The van der Waals surface area contributed by atoms with Gasteiger partial charge in [-0.25, -0.2) is 0 Å². The Morgan fingerprint density at radius 2 is 1.66 bits per heavy atom. The van der Waals surface area contributed by atoms with E-state index in [1.807, 2.05) is 31.7 Å². The van der Waals surface area contributed by atoms with E-state index in [0.717, 1.165) is 28.9 Å². The summed E-state index contributed by atoms with van der Waals surface area (Å²) in [6.45, 7) is 13.4. The number of aromatic nitrogens is 1. The van der Waals surface area contributed by atoms with Crippen LogP contribution in [0.25, 0.3) is 10.9 Å². The number of carbonyl (C=O) groups excluding carboxylic acids is 1. The molecule has 0 spiro atoms. The van der Waals surface area contributed by atoms with Gasteiger partial charge in [0.15, 0.2) is 0 Å². The topological polar surface area (TPSA) is 40.5 Å². The standard InChI is InChI=1S/C27H35NO3S/c1-18-9-11-19(12-10-18)17-28-22-14-13-20(30-7)15-21(22)24(32-26(2,3)4)23(28)16-27(5,6)25(29)31-8/h9-15H,16-17H2,1-8H3. The van der Waals surface area contributed by atoms with Crippen molar-refractivity contribution < 1.29 is 14.3 Å². The van der Waals surface area contributed by atoms with Crippen LogP contribution in [0.2, 0.25) is 0 Å². The van der Waals surface area contributed by atoms with Gasteiger partial charge in [-0.2, -0.15) is 0 Å². The van der Waals surface area contributed by atoms with Gasteiger partial charge in [-0.1, -0.05) is 50.6 Å². The Morgan fingerprint density at radius 3 is 2.22 bits per heavy atom. The number of hydrogen-bond acceptors (Lipinski definition) is 4. The lowest BCUT2D eigenvalue weighted by Crippen LogP contribution is -2.29. The van der Waals surface area contributed by atoms with E-state index in [1.165, 1.54) is 23.1 Å². The highest BCUT2D eigenvalue weighted by atomic mass is 32.2. The van der Waals surface area contributed by atoms with E-state index in [0.29, 0.717) is 6.42 Å². The molecule has 0 atom stereocenters. The van der Waals surface area contributed by atoms with Gasteiger partial charge < -0.3 is 14.0 Å². The molecule has 5 heteroatoms. The summed E-state index contributed by atoms with van der Waals surface area (Å²) < 4.78 is 13.1. The maximum atomic E-state index is 12.6. The molecule has 0 saturated heterocycles. The highest BCUT2D eigenvalue weighted by Crippen LogP contribution is 2.44. The lowest BCUT2D eigenvalue weighted by atomic mass is 9.87. The second-order valence-electron chi connectivity index (χ2n) is 10.00. The Hall–Kier alpha value is -2.40. The van der Waals surface area contributed by atoms with Crippen LogP contribution in [-0.4, -0.2) is 29.5 Å². The Morgan fingerprint density at radius 1 is 1.00 bits per heavy atom. The van der Waals surface area contributed by atoms with E-state index in [1.54, 1.807) is 7.11 Å². The number of aryl methyl sites for hydroxylation is 1. The van der Waals surface area contributed by atoms with Crippen LogP contribution in [0.15, 0.2) is 47.4 Å². The smallest absolute Gasteiger partial charge is 0.311 e. The van der Waals surface area contributed by atoms with E-state index in [9.17, 15) is 4.79 Å². The molecule has 2 aromatic carbocycles. The normalized spacial score (nSPS) is 12.2. The van der Waals surface area contributed by atoms with Gasteiger partial charge >= 0.3 is 5.97 Å². The fourth-order valence-electron chi connectivity index (χ4n) is 3.90. The number of fused-ring (bicyclic) bond motifs is 1. The first kappa shape index (κ1) is 24.2. The fraction of sp³-hybridized carbons (Fsp3) is 0.444. The first-order chi connectivity index (χ1) is 14.9. The van der Waals surface area contributed by atoms with Gasteiger partial charge in [0.05, 0.1) is 19.6 Å². The summed E-state index contributed by atoms with van der Waals surface area (Å²) in [4.78, 5) is 13.8. The fourth-order valence-corrected chi connectivity index (χ4v) is 5.09. The van der Waals surface area contributed by atoms with E-state index in [4.69, 9.17) is 9.47 Å². The number of carbonyl (C=O) groups is 1. The molecule has 1 heterocycles. The molecule has 0 N–H and O–H groups in total. The molecular weight excluding hydrogens is 418 g/mol. The third-order valence-electron chi connectivity index (χ3n) is 5.54. The van der Waals surface area contributed by atoms with E-state index in [2.05, 4.69) is 68.7 Å². The predicted molar refractivity (Wildman–Crippen MR) is 134 cm³/mol. The zero-order chi connectivity index (χ0) is 23.7. The lowest BCUT2D eigenvalue weighted by molar-refractivity contribution is -0.150. The van der Waals surface area contributed by atoms with Crippen molar-refractivity contribution in [1.29, 1.82) is 0 Å². The van der Waals surface area contributed by atoms with Gasteiger partial charge in [0.2, 0.25) is 0 Å². The number of benzene rings is 2. The zero-order valence-corrected chi connectivity index (χ0v) is 21.4. The van der Waals surface area contributed by atoms with Crippen LogP contribution < -0.4 is 4.74 Å². The molecular formula is C27H35NO3S. The molecule has 0 aliphatic carbocycles. The molecule has 0 bridgehead atoms. The maximum absolute atomic E-state index is 12.6. The molecule has 0 saturated carbocycles. The first-order valence-electron chi connectivity index (χ1n) is 11.0. The van der Waals surface area contributed by atoms with Crippen LogP contribution in [-0.2, 0) is 22.5 Å². The van der Waals surface area contributed by atoms with E-state index >= 15 is 0 Å². The molecule has 0 amide bonds. The minimum atomic E-state index is -0.647. The van der Waals surface area contributed by atoms with Crippen LogP contribution in [0.1, 0.15) is 51.4 Å². The third kappa shape index (κ3) is 5.32. The molecule has 4 nitrogen and oxygen atoms in total. The van der Waals surface area contributed by atoms with Gasteiger partial charge in [0, 0.05) is 39.2 Å². The summed E-state index contributed by atoms with van der Waals surface area (Å²) in [6.07, 6.45) is 0.584. The summed E-state index contributed by atoms with van der Waals surface area (Å²) in [5.74, 6) is 0.633. The van der Waals surface area contributed by atoms with Gasteiger partial charge in [-0.15, -0.1) is 11.8 Å². The second kappa shape index (κ2) is 9.22. The molecule has 0 radical (unpaired) electrons. The van der Waals surface area contributed by atoms with Gasteiger partial charge in [-0.05, 0) is 44.5 Å². The Kier molecular flexibility index (Phi) is 6.99. The summed E-state index contributed by atoms with van der Waals surface area (Å²) in [6, 6.07) is 14.9. The number of rotatable bonds is 7. The van der Waals surface area contributed by atoms with Crippen LogP contribution in [0.5, 0.6) is 5.75 Å². The van der Waals surface area contributed by atoms with Crippen LogP contribution >= 0.6 is 11.8 Å². The Bertz CT molecular complexity index is 1100. The predicted octanol–water partition coefficient (Wildman–Crippen LogP) is 6.64. The molecule has 0 aliphatic heterocycles. The number of methoxy groups -OCH3 is 2. The quantitative estimate of drug-likeness (QED) is 0.297. The first-order valence-corrected chi connectivity index (χ1v) is 11.8. The van der Waals surface area contributed by atoms with Crippen molar-refractivity contribution in [2.75, 3.05) is 14.2 Å². The van der Waals surface area contributed by atoms with Crippen molar-refractivity contribution in [2.24, 2.45) is 5.41 Å². The summed E-state index contributed by atoms with van der Waals surface area (Å²) in [5, 5.41) is 1.16. The average molecular weight is 454 g/mol. The molecule has 3 aromatic rings. The highest BCUT2D eigenvalue weighted by molar-refractivity contribution is 8.00. The Labute approximate surface area is 196 Å². The minimum Gasteiger partial charge on any atom is -0.497 e. The number of esters is 1. The highest BCUT2D eigenvalue weighted by Gasteiger charge is 2.33. The number of ether oxygens (including phenoxy) is 2. The molecule has 1 aromatic heterocycles. The average Bonchev–Trinajstić information content (AvgIpc) is 2.99. The maximum Gasteiger partial charge on any atom is 0.311 e.